The van der Waals surface area contributed by atoms with Crippen LogP contribution in [0, 0.1) is 0 Å². The third kappa shape index (κ3) is 3.77. The van der Waals surface area contributed by atoms with E-state index >= 15 is 0 Å². The summed E-state index contributed by atoms with van der Waals surface area (Å²) in [5.41, 5.74) is 1.73. The van der Waals surface area contributed by atoms with Gasteiger partial charge in [-0.1, -0.05) is 60.7 Å². The van der Waals surface area contributed by atoms with Crippen LogP contribution in [0.15, 0.2) is 72.8 Å². The predicted molar refractivity (Wildman–Crippen MR) is 111 cm³/mol. The molecule has 3 aromatic carbocycles. The lowest BCUT2D eigenvalue weighted by atomic mass is 10.0. The van der Waals surface area contributed by atoms with Crippen LogP contribution >= 0.6 is 0 Å². The molecular weight excluding hydrogens is 348 g/mol. The second kappa shape index (κ2) is 7.85. The minimum Gasteiger partial charge on any atom is -0.336 e. The summed E-state index contributed by atoms with van der Waals surface area (Å²) >= 11 is 0. The number of amides is 2. The molecule has 0 aromatic heterocycles. The van der Waals surface area contributed by atoms with Gasteiger partial charge in [-0.2, -0.15) is 0 Å². The maximum Gasteiger partial charge on any atom is 0.253 e. The summed E-state index contributed by atoms with van der Waals surface area (Å²) in [5.74, 6) is 0.156. The maximum absolute atomic E-state index is 12.9. The van der Waals surface area contributed by atoms with Crippen molar-refractivity contribution < 1.29 is 9.59 Å². The smallest absolute Gasteiger partial charge is 0.253 e. The van der Waals surface area contributed by atoms with Crippen LogP contribution in [0.4, 0.5) is 0 Å². The first-order valence-corrected chi connectivity index (χ1v) is 9.73. The summed E-state index contributed by atoms with van der Waals surface area (Å²) in [6.07, 6.45) is 0.391. The molecule has 1 aliphatic rings. The van der Waals surface area contributed by atoms with Gasteiger partial charge < -0.3 is 9.80 Å². The Balaban J connectivity index is 1.41. The van der Waals surface area contributed by atoms with Crippen molar-refractivity contribution in [2.45, 2.75) is 19.4 Å². The number of hydrogen-bond donors (Lipinski definition) is 0. The van der Waals surface area contributed by atoms with E-state index in [9.17, 15) is 9.59 Å². The lowest BCUT2D eigenvalue weighted by Gasteiger charge is -2.40. The molecule has 0 bridgehead atoms. The van der Waals surface area contributed by atoms with Crippen molar-refractivity contribution in [3.05, 3.63) is 83.9 Å². The van der Waals surface area contributed by atoms with Gasteiger partial charge in [0.2, 0.25) is 5.91 Å². The van der Waals surface area contributed by atoms with Gasteiger partial charge in [-0.15, -0.1) is 0 Å². The zero-order valence-electron chi connectivity index (χ0n) is 16.0. The average molecular weight is 372 g/mol. The first-order valence-electron chi connectivity index (χ1n) is 9.73. The molecular formula is C24H24N2O2. The summed E-state index contributed by atoms with van der Waals surface area (Å²) in [6.45, 7) is 3.73. The summed E-state index contributed by atoms with van der Waals surface area (Å²) in [7, 11) is 0. The normalized spacial score (nSPS) is 17.0. The Morgan fingerprint density at radius 3 is 2.36 bits per heavy atom. The highest BCUT2D eigenvalue weighted by atomic mass is 16.2. The van der Waals surface area contributed by atoms with Crippen LogP contribution < -0.4 is 0 Å². The zero-order valence-corrected chi connectivity index (χ0v) is 16.0. The highest BCUT2D eigenvalue weighted by molar-refractivity contribution is 5.94. The molecule has 0 spiro atoms. The van der Waals surface area contributed by atoms with Gasteiger partial charge in [0.25, 0.3) is 5.91 Å². The molecule has 4 heteroatoms. The quantitative estimate of drug-likeness (QED) is 0.702. The summed E-state index contributed by atoms with van der Waals surface area (Å²) in [4.78, 5) is 29.3. The summed E-state index contributed by atoms with van der Waals surface area (Å²) in [5, 5.41) is 2.33. The van der Waals surface area contributed by atoms with Gasteiger partial charge >= 0.3 is 0 Å². The molecule has 0 saturated carbocycles. The number of carbonyl (C=O) groups excluding carboxylic acids is 2. The largest absolute Gasteiger partial charge is 0.336 e. The van der Waals surface area contributed by atoms with Crippen LogP contribution in [0.1, 0.15) is 22.8 Å². The van der Waals surface area contributed by atoms with Gasteiger partial charge in [-0.25, -0.2) is 0 Å². The van der Waals surface area contributed by atoms with Gasteiger partial charge in [0.05, 0.1) is 6.42 Å². The molecule has 0 radical (unpaired) electrons. The van der Waals surface area contributed by atoms with Crippen LogP contribution in [-0.2, 0) is 11.2 Å². The van der Waals surface area contributed by atoms with Crippen molar-refractivity contribution in [3.63, 3.8) is 0 Å². The molecule has 4 nitrogen and oxygen atoms in total. The fourth-order valence-corrected chi connectivity index (χ4v) is 3.90. The van der Waals surface area contributed by atoms with Crippen LogP contribution in [0.25, 0.3) is 10.8 Å². The molecule has 2 amide bonds. The molecule has 3 aromatic rings. The number of hydrogen-bond acceptors (Lipinski definition) is 2. The van der Waals surface area contributed by atoms with Crippen LogP contribution in [-0.4, -0.2) is 47.3 Å². The van der Waals surface area contributed by atoms with E-state index < -0.39 is 0 Å². The first-order chi connectivity index (χ1) is 13.6. The highest BCUT2D eigenvalue weighted by Crippen LogP contribution is 2.18. The predicted octanol–water partition coefficient (Wildman–Crippen LogP) is 3.76. The van der Waals surface area contributed by atoms with E-state index in [-0.39, 0.29) is 17.9 Å². The molecule has 1 saturated heterocycles. The number of rotatable bonds is 3. The Hall–Kier alpha value is -3.14. The Bertz CT molecular complexity index is 1000. The minimum atomic E-state index is 0.00867. The number of fused-ring (bicyclic) bond motifs is 1. The zero-order chi connectivity index (χ0) is 19.5. The monoisotopic (exact) mass is 372 g/mol. The Morgan fingerprint density at radius 2 is 1.61 bits per heavy atom. The SMILES string of the molecule is CC1CN(C(=O)c2ccccc2)CCN1C(=O)Cc1ccc2ccccc2c1. The first kappa shape index (κ1) is 18.2. The van der Waals surface area contributed by atoms with E-state index in [0.717, 1.165) is 10.9 Å². The number of benzene rings is 3. The molecule has 0 N–H and O–H groups in total. The maximum atomic E-state index is 12.9. The average Bonchev–Trinajstić information content (AvgIpc) is 2.73. The number of piperazine rings is 1. The second-order valence-electron chi connectivity index (χ2n) is 7.41. The summed E-state index contributed by atoms with van der Waals surface area (Å²) in [6, 6.07) is 23.7. The number of carbonyl (C=O) groups is 2. The highest BCUT2D eigenvalue weighted by Gasteiger charge is 2.30. The molecule has 1 unspecified atom stereocenters. The van der Waals surface area contributed by atoms with Crippen LogP contribution in [0.2, 0.25) is 0 Å². The van der Waals surface area contributed by atoms with Crippen molar-refractivity contribution in [2.24, 2.45) is 0 Å². The van der Waals surface area contributed by atoms with Crippen LogP contribution in [0.5, 0.6) is 0 Å². The molecule has 1 heterocycles. The van der Waals surface area contributed by atoms with Gasteiger partial charge in [-0.05, 0) is 35.4 Å². The van der Waals surface area contributed by atoms with E-state index in [0.29, 0.717) is 31.6 Å². The van der Waals surface area contributed by atoms with E-state index in [1.54, 1.807) is 0 Å². The van der Waals surface area contributed by atoms with E-state index in [2.05, 4.69) is 24.3 Å². The molecule has 28 heavy (non-hydrogen) atoms. The van der Waals surface area contributed by atoms with Crippen molar-refractivity contribution in [2.75, 3.05) is 19.6 Å². The molecule has 1 atom stereocenters. The van der Waals surface area contributed by atoms with Gasteiger partial charge in [0.1, 0.15) is 0 Å². The fourth-order valence-electron chi connectivity index (χ4n) is 3.90. The molecule has 0 aliphatic carbocycles. The second-order valence-corrected chi connectivity index (χ2v) is 7.41. The van der Waals surface area contributed by atoms with Crippen molar-refractivity contribution in [3.8, 4) is 0 Å². The van der Waals surface area contributed by atoms with Crippen molar-refractivity contribution in [1.29, 1.82) is 0 Å². The molecule has 142 valence electrons. The van der Waals surface area contributed by atoms with Crippen molar-refractivity contribution >= 4 is 22.6 Å². The molecule has 4 rings (SSSR count). The Kier molecular flexibility index (Phi) is 5.11. The standard InChI is InChI=1S/C24H24N2O2/c1-18-17-25(24(28)21-8-3-2-4-9-21)13-14-26(18)23(27)16-19-11-12-20-7-5-6-10-22(20)15-19/h2-12,15,18H,13-14,16-17H2,1H3. The third-order valence-corrected chi connectivity index (χ3v) is 5.43. The van der Waals surface area contributed by atoms with Gasteiger partial charge in [0.15, 0.2) is 0 Å². The van der Waals surface area contributed by atoms with Gasteiger partial charge in [-0.3, -0.25) is 9.59 Å². The lowest BCUT2D eigenvalue weighted by molar-refractivity contribution is -0.134. The Morgan fingerprint density at radius 1 is 0.893 bits per heavy atom. The van der Waals surface area contributed by atoms with Gasteiger partial charge in [0, 0.05) is 31.2 Å². The fraction of sp³-hybridized carbons (Fsp3) is 0.250. The minimum absolute atomic E-state index is 0.00867. The third-order valence-electron chi connectivity index (χ3n) is 5.43. The number of nitrogens with zero attached hydrogens (tertiary/aromatic N) is 2. The van der Waals surface area contributed by atoms with E-state index in [1.807, 2.05) is 65.3 Å². The lowest BCUT2D eigenvalue weighted by Crippen LogP contribution is -2.55. The van der Waals surface area contributed by atoms with E-state index in [4.69, 9.17) is 0 Å². The Labute approximate surface area is 165 Å². The molecule has 1 aliphatic heterocycles. The van der Waals surface area contributed by atoms with E-state index in [1.165, 1.54) is 5.39 Å². The van der Waals surface area contributed by atoms with Crippen molar-refractivity contribution in [1.82, 2.24) is 9.80 Å². The summed E-state index contributed by atoms with van der Waals surface area (Å²) < 4.78 is 0. The van der Waals surface area contributed by atoms with Crippen LogP contribution in [0.3, 0.4) is 0 Å². The topological polar surface area (TPSA) is 40.6 Å². The molecule has 1 fully saturated rings.